The molecule has 3 rings (SSSR count). The lowest BCUT2D eigenvalue weighted by molar-refractivity contribution is -0.384. The minimum atomic E-state index is -0.609. The van der Waals surface area contributed by atoms with Gasteiger partial charge in [0.2, 0.25) is 0 Å². The zero-order valence-electron chi connectivity index (χ0n) is 14.8. The SMILES string of the molecule is CC1CCN(c2ccc(C(=O)NNC(=O)c3cccs3)cc2[N+](=O)[O-])CC1. The van der Waals surface area contributed by atoms with Crippen molar-refractivity contribution in [1.29, 1.82) is 0 Å². The van der Waals surface area contributed by atoms with Crippen LogP contribution in [0, 0.1) is 16.0 Å². The lowest BCUT2D eigenvalue weighted by atomic mass is 9.98. The molecular formula is C18H20N4O4S. The molecule has 142 valence electrons. The highest BCUT2D eigenvalue weighted by Crippen LogP contribution is 2.32. The number of piperidine rings is 1. The van der Waals surface area contributed by atoms with Gasteiger partial charge in [-0.2, -0.15) is 0 Å². The number of nitro benzene ring substituents is 1. The third-order valence-electron chi connectivity index (χ3n) is 4.59. The first-order valence-electron chi connectivity index (χ1n) is 8.63. The van der Waals surface area contributed by atoms with Gasteiger partial charge in [-0.25, -0.2) is 0 Å². The van der Waals surface area contributed by atoms with Crippen LogP contribution in [0.4, 0.5) is 11.4 Å². The van der Waals surface area contributed by atoms with Gasteiger partial charge >= 0.3 is 0 Å². The van der Waals surface area contributed by atoms with Gasteiger partial charge < -0.3 is 4.90 Å². The van der Waals surface area contributed by atoms with Crippen molar-refractivity contribution in [3.05, 3.63) is 56.3 Å². The Kier molecular flexibility index (Phi) is 5.70. The number of hydrogen-bond acceptors (Lipinski definition) is 6. The molecule has 0 spiro atoms. The fourth-order valence-electron chi connectivity index (χ4n) is 2.98. The van der Waals surface area contributed by atoms with Gasteiger partial charge in [-0.05, 0) is 42.3 Å². The van der Waals surface area contributed by atoms with Crippen LogP contribution in [0.5, 0.6) is 0 Å². The fraction of sp³-hybridized carbons (Fsp3) is 0.333. The largest absolute Gasteiger partial charge is 0.366 e. The first-order chi connectivity index (χ1) is 13.0. The number of rotatable bonds is 4. The number of nitrogens with zero attached hydrogens (tertiary/aromatic N) is 2. The van der Waals surface area contributed by atoms with E-state index in [4.69, 9.17) is 0 Å². The Hall–Kier alpha value is -2.94. The van der Waals surface area contributed by atoms with Crippen molar-refractivity contribution in [3.8, 4) is 0 Å². The maximum absolute atomic E-state index is 12.3. The standard InChI is InChI=1S/C18H20N4O4S/c1-12-6-8-21(9-7-12)14-5-4-13(11-15(14)22(25)26)17(23)19-20-18(24)16-3-2-10-27-16/h2-5,10-12H,6-9H2,1H3,(H,19,23)(H,20,24). The maximum Gasteiger partial charge on any atom is 0.293 e. The molecule has 0 atom stereocenters. The lowest BCUT2D eigenvalue weighted by Gasteiger charge is -2.31. The molecule has 1 saturated heterocycles. The van der Waals surface area contributed by atoms with Crippen LogP contribution in [-0.4, -0.2) is 29.8 Å². The Bertz CT molecular complexity index is 845. The van der Waals surface area contributed by atoms with E-state index in [1.807, 2.05) is 4.90 Å². The van der Waals surface area contributed by atoms with Crippen molar-refractivity contribution in [3.63, 3.8) is 0 Å². The molecule has 0 saturated carbocycles. The summed E-state index contributed by atoms with van der Waals surface area (Å²) in [5.41, 5.74) is 5.12. The molecule has 0 unspecified atom stereocenters. The number of thiophene rings is 1. The van der Waals surface area contributed by atoms with Gasteiger partial charge in [-0.1, -0.05) is 13.0 Å². The monoisotopic (exact) mass is 388 g/mol. The first kappa shape index (κ1) is 18.8. The molecule has 0 radical (unpaired) electrons. The number of nitro groups is 1. The third-order valence-corrected chi connectivity index (χ3v) is 5.46. The molecule has 2 amide bonds. The Morgan fingerprint density at radius 1 is 1.19 bits per heavy atom. The van der Waals surface area contributed by atoms with Crippen molar-refractivity contribution in [2.45, 2.75) is 19.8 Å². The number of hydrogen-bond donors (Lipinski definition) is 2. The number of carbonyl (C=O) groups excluding carboxylic acids is 2. The summed E-state index contributed by atoms with van der Waals surface area (Å²) in [6, 6.07) is 7.74. The molecule has 2 N–H and O–H groups in total. The third kappa shape index (κ3) is 4.43. The molecule has 1 aliphatic rings. The van der Waals surface area contributed by atoms with Gasteiger partial charge in [0.15, 0.2) is 0 Å². The van der Waals surface area contributed by atoms with Crippen molar-refractivity contribution in [1.82, 2.24) is 10.9 Å². The molecule has 27 heavy (non-hydrogen) atoms. The number of carbonyl (C=O) groups is 2. The van der Waals surface area contributed by atoms with Crippen LogP contribution in [0.2, 0.25) is 0 Å². The van der Waals surface area contributed by atoms with Crippen molar-refractivity contribution >= 4 is 34.5 Å². The molecule has 2 heterocycles. The Morgan fingerprint density at radius 2 is 1.89 bits per heavy atom. The molecule has 0 aliphatic carbocycles. The number of amides is 2. The lowest BCUT2D eigenvalue weighted by Crippen LogP contribution is -2.41. The second-order valence-electron chi connectivity index (χ2n) is 6.52. The van der Waals surface area contributed by atoms with E-state index in [2.05, 4.69) is 17.8 Å². The molecule has 0 bridgehead atoms. The quantitative estimate of drug-likeness (QED) is 0.619. The Balaban J connectivity index is 1.72. The average molecular weight is 388 g/mol. The molecule has 1 aliphatic heterocycles. The van der Waals surface area contributed by atoms with Crippen LogP contribution in [0.15, 0.2) is 35.7 Å². The van der Waals surface area contributed by atoms with Crippen LogP contribution in [-0.2, 0) is 0 Å². The summed E-state index contributed by atoms with van der Waals surface area (Å²) >= 11 is 1.24. The number of anilines is 1. The number of benzene rings is 1. The molecule has 1 fully saturated rings. The fourth-order valence-corrected chi connectivity index (χ4v) is 3.60. The number of hydrazine groups is 1. The average Bonchev–Trinajstić information content (AvgIpc) is 3.21. The highest BCUT2D eigenvalue weighted by Gasteiger charge is 2.25. The van der Waals surface area contributed by atoms with Crippen molar-refractivity contribution in [2.75, 3.05) is 18.0 Å². The summed E-state index contributed by atoms with van der Waals surface area (Å²) < 4.78 is 0. The van der Waals surface area contributed by atoms with Gasteiger partial charge in [0.05, 0.1) is 9.80 Å². The van der Waals surface area contributed by atoms with E-state index in [9.17, 15) is 19.7 Å². The predicted molar refractivity (Wildman–Crippen MR) is 103 cm³/mol. The van der Waals surface area contributed by atoms with Crippen molar-refractivity contribution < 1.29 is 14.5 Å². The van der Waals surface area contributed by atoms with Gasteiger partial charge in [0.1, 0.15) is 5.69 Å². The minimum Gasteiger partial charge on any atom is -0.366 e. The van der Waals surface area contributed by atoms with Crippen LogP contribution >= 0.6 is 11.3 Å². The zero-order valence-corrected chi connectivity index (χ0v) is 15.6. The zero-order chi connectivity index (χ0) is 19.4. The van der Waals surface area contributed by atoms with Gasteiger partial charge in [-0.3, -0.25) is 30.6 Å². The van der Waals surface area contributed by atoms with E-state index in [0.29, 0.717) is 16.5 Å². The van der Waals surface area contributed by atoms with E-state index in [1.165, 1.54) is 23.5 Å². The van der Waals surface area contributed by atoms with Crippen LogP contribution in [0.1, 0.15) is 39.8 Å². The second-order valence-corrected chi connectivity index (χ2v) is 7.46. The first-order valence-corrected chi connectivity index (χ1v) is 9.51. The van der Waals surface area contributed by atoms with E-state index < -0.39 is 16.7 Å². The summed E-state index contributed by atoms with van der Waals surface area (Å²) in [4.78, 5) is 37.6. The van der Waals surface area contributed by atoms with Gasteiger partial charge in [0, 0.05) is 24.7 Å². The van der Waals surface area contributed by atoms with Crippen LogP contribution in [0.25, 0.3) is 0 Å². The minimum absolute atomic E-state index is 0.109. The highest BCUT2D eigenvalue weighted by atomic mass is 32.1. The molecule has 8 nitrogen and oxygen atoms in total. The van der Waals surface area contributed by atoms with Gasteiger partial charge in [0.25, 0.3) is 17.5 Å². The summed E-state index contributed by atoms with van der Waals surface area (Å²) in [7, 11) is 0. The summed E-state index contributed by atoms with van der Waals surface area (Å²) in [6.45, 7) is 3.68. The van der Waals surface area contributed by atoms with E-state index >= 15 is 0 Å². The smallest absolute Gasteiger partial charge is 0.293 e. The number of nitrogens with one attached hydrogen (secondary N) is 2. The molecule has 1 aromatic carbocycles. The van der Waals surface area contributed by atoms with Crippen LogP contribution in [0.3, 0.4) is 0 Å². The summed E-state index contributed by atoms with van der Waals surface area (Å²) in [5, 5.41) is 13.3. The molecular weight excluding hydrogens is 368 g/mol. The van der Waals surface area contributed by atoms with E-state index in [-0.39, 0.29) is 11.3 Å². The van der Waals surface area contributed by atoms with Crippen molar-refractivity contribution in [2.24, 2.45) is 5.92 Å². The Labute approximate surface area is 160 Å². The molecule has 1 aromatic heterocycles. The second kappa shape index (κ2) is 8.17. The molecule has 2 aromatic rings. The van der Waals surface area contributed by atoms with E-state index in [0.717, 1.165) is 25.9 Å². The Morgan fingerprint density at radius 3 is 2.52 bits per heavy atom. The molecule has 9 heteroatoms. The van der Waals surface area contributed by atoms with E-state index in [1.54, 1.807) is 23.6 Å². The van der Waals surface area contributed by atoms with Crippen LogP contribution < -0.4 is 15.8 Å². The highest BCUT2D eigenvalue weighted by molar-refractivity contribution is 7.12. The van der Waals surface area contributed by atoms with Gasteiger partial charge in [-0.15, -0.1) is 11.3 Å². The normalized spacial score (nSPS) is 14.6. The topological polar surface area (TPSA) is 105 Å². The maximum atomic E-state index is 12.3. The summed E-state index contributed by atoms with van der Waals surface area (Å²) in [5.74, 6) is -0.439. The predicted octanol–water partition coefficient (Wildman–Crippen LogP) is 2.97. The summed E-state index contributed by atoms with van der Waals surface area (Å²) in [6.07, 6.45) is 1.96.